The molecule has 0 aliphatic carbocycles. The Balaban J connectivity index is 1.94. The van der Waals surface area contributed by atoms with Gasteiger partial charge in [-0.2, -0.15) is 0 Å². The Morgan fingerprint density at radius 1 is 1.24 bits per heavy atom. The molecule has 5 heteroatoms. The average Bonchev–Trinajstić information content (AvgIpc) is 2.85. The van der Waals surface area contributed by atoms with Crippen LogP contribution >= 0.6 is 0 Å². The first-order valence-corrected chi connectivity index (χ1v) is 6.58. The minimum absolute atomic E-state index is 0.236. The summed E-state index contributed by atoms with van der Waals surface area (Å²) >= 11 is 0. The fraction of sp³-hybridized carbons (Fsp3) is 0.125. The third-order valence-corrected chi connectivity index (χ3v) is 3.27. The topological polar surface area (TPSA) is 55.6 Å². The molecule has 3 rings (SSSR count). The number of hydrogen-bond donors (Lipinski definition) is 1. The Kier molecular flexibility index (Phi) is 3.31. The van der Waals surface area contributed by atoms with Crippen molar-refractivity contribution in [2.45, 2.75) is 6.92 Å². The van der Waals surface area contributed by atoms with Crippen LogP contribution in [0.2, 0.25) is 0 Å². The van der Waals surface area contributed by atoms with Gasteiger partial charge in [0, 0.05) is 18.0 Å². The zero-order valence-electron chi connectivity index (χ0n) is 11.8. The second kappa shape index (κ2) is 5.28. The van der Waals surface area contributed by atoms with E-state index in [4.69, 9.17) is 4.74 Å². The lowest BCUT2D eigenvalue weighted by Crippen LogP contribution is -2.12. The van der Waals surface area contributed by atoms with Gasteiger partial charge >= 0.3 is 0 Å². The van der Waals surface area contributed by atoms with Gasteiger partial charge in [-0.25, -0.2) is 4.98 Å². The molecule has 0 spiro atoms. The van der Waals surface area contributed by atoms with Gasteiger partial charge in [0.05, 0.1) is 12.6 Å². The van der Waals surface area contributed by atoms with Gasteiger partial charge < -0.3 is 14.5 Å². The molecule has 1 N–H and O–H groups in total. The predicted molar refractivity (Wildman–Crippen MR) is 80.9 cm³/mol. The lowest BCUT2D eigenvalue weighted by Gasteiger charge is -2.05. The van der Waals surface area contributed by atoms with E-state index in [9.17, 15) is 4.79 Å². The minimum atomic E-state index is -0.236. The number of pyridine rings is 1. The first-order valence-electron chi connectivity index (χ1n) is 6.58. The summed E-state index contributed by atoms with van der Waals surface area (Å²) in [6, 6.07) is 12.9. The third-order valence-electron chi connectivity index (χ3n) is 3.27. The Labute approximate surface area is 122 Å². The highest BCUT2D eigenvalue weighted by Crippen LogP contribution is 2.19. The maximum atomic E-state index is 12.4. The van der Waals surface area contributed by atoms with Crippen molar-refractivity contribution < 1.29 is 9.53 Å². The van der Waals surface area contributed by atoms with Crippen LogP contribution in [0.25, 0.3) is 5.52 Å². The number of carbonyl (C=O) groups excluding carboxylic acids is 1. The number of carbonyl (C=O) groups is 1. The largest absolute Gasteiger partial charge is 0.497 e. The normalized spacial score (nSPS) is 10.6. The molecule has 0 saturated carbocycles. The maximum Gasteiger partial charge on any atom is 0.276 e. The van der Waals surface area contributed by atoms with Crippen LogP contribution in [0.4, 0.5) is 5.69 Å². The van der Waals surface area contributed by atoms with E-state index in [-0.39, 0.29) is 5.91 Å². The van der Waals surface area contributed by atoms with Gasteiger partial charge in [0.15, 0.2) is 5.69 Å². The predicted octanol–water partition coefficient (Wildman–Crippen LogP) is 2.90. The molecular formula is C16H15N3O2. The lowest BCUT2D eigenvalue weighted by atomic mass is 10.2. The number of ether oxygens (including phenoxy) is 1. The molecule has 0 bridgehead atoms. The van der Waals surface area contributed by atoms with Crippen LogP contribution in [0.3, 0.4) is 0 Å². The summed E-state index contributed by atoms with van der Waals surface area (Å²) in [5.74, 6) is 1.24. The molecule has 106 valence electrons. The first-order chi connectivity index (χ1) is 10.2. The van der Waals surface area contributed by atoms with E-state index in [1.54, 1.807) is 13.2 Å². The fourth-order valence-corrected chi connectivity index (χ4v) is 2.25. The van der Waals surface area contributed by atoms with Gasteiger partial charge in [0.1, 0.15) is 11.6 Å². The number of aromatic nitrogens is 2. The number of nitrogens with one attached hydrogen (secondary N) is 1. The molecule has 3 aromatic rings. The van der Waals surface area contributed by atoms with Crippen LogP contribution < -0.4 is 10.1 Å². The fourth-order valence-electron chi connectivity index (χ4n) is 2.25. The van der Waals surface area contributed by atoms with E-state index >= 15 is 0 Å². The van der Waals surface area contributed by atoms with E-state index in [0.29, 0.717) is 17.1 Å². The van der Waals surface area contributed by atoms with Crippen molar-refractivity contribution in [3.63, 3.8) is 0 Å². The molecule has 0 saturated heterocycles. The highest BCUT2D eigenvalue weighted by Gasteiger charge is 2.15. The van der Waals surface area contributed by atoms with E-state index in [0.717, 1.165) is 11.3 Å². The summed E-state index contributed by atoms with van der Waals surface area (Å²) in [5.41, 5.74) is 1.88. The number of imidazole rings is 1. The van der Waals surface area contributed by atoms with Crippen molar-refractivity contribution in [3.8, 4) is 5.75 Å². The van der Waals surface area contributed by atoms with Crippen LogP contribution in [0.1, 0.15) is 16.3 Å². The van der Waals surface area contributed by atoms with Gasteiger partial charge in [-0.15, -0.1) is 0 Å². The van der Waals surface area contributed by atoms with E-state index in [2.05, 4.69) is 10.3 Å². The van der Waals surface area contributed by atoms with Crippen molar-refractivity contribution in [1.82, 2.24) is 9.38 Å². The summed E-state index contributed by atoms with van der Waals surface area (Å²) in [6.07, 6.45) is 1.89. The molecule has 21 heavy (non-hydrogen) atoms. The van der Waals surface area contributed by atoms with Gasteiger partial charge in [0.2, 0.25) is 0 Å². The average molecular weight is 281 g/mol. The highest BCUT2D eigenvalue weighted by atomic mass is 16.5. The van der Waals surface area contributed by atoms with Crippen molar-refractivity contribution in [1.29, 1.82) is 0 Å². The second-order valence-corrected chi connectivity index (χ2v) is 4.65. The number of fused-ring (bicyclic) bond motifs is 1. The molecule has 0 aliphatic heterocycles. The third kappa shape index (κ3) is 2.45. The molecule has 0 atom stereocenters. The molecule has 2 heterocycles. The van der Waals surface area contributed by atoms with Crippen molar-refractivity contribution in [2.75, 3.05) is 12.4 Å². The quantitative estimate of drug-likeness (QED) is 0.803. The molecule has 1 aromatic carbocycles. The van der Waals surface area contributed by atoms with Gasteiger partial charge in [-0.1, -0.05) is 12.1 Å². The summed E-state index contributed by atoms with van der Waals surface area (Å²) in [6.45, 7) is 1.87. The number of amides is 1. The van der Waals surface area contributed by atoms with E-state index < -0.39 is 0 Å². The SMILES string of the molecule is COc1cccc(NC(=O)c2nc(C)n3ccccc23)c1. The summed E-state index contributed by atoms with van der Waals surface area (Å²) < 4.78 is 7.03. The van der Waals surface area contributed by atoms with E-state index in [1.807, 2.05) is 53.9 Å². The number of benzene rings is 1. The number of hydrogen-bond acceptors (Lipinski definition) is 3. The summed E-state index contributed by atoms with van der Waals surface area (Å²) in [5, 5.41) is 2.84. The van der Waals surface area contributed by atoms with Crippen molar-refractivity contribution in [3.05, 3.63) is 60.2 Å². The highest BCUT2D eigenvalue weighted by molar-refractivity contribution is 6.07. The second-order valence-electron chi connectivity index (χ2n) is 4.65. The van der Waals surface area contributed by atoms with Crippen LogP contribution in [-0.4, -0.2) is 22.4 Å². The van der Waals surface area contributed by atoms with Crippen molar-refractivity contribution >= 4 is 17.1 Å². The monoisotopic (exact) mass is 281 g/mol. The van der Waals surface area contributed by atoms with Gasteiger partial charge in [-0.05, 0) is 31.2 Å². The molecule has 5 nitrogen and oxygen atoms in total. The van der Waals surface area contributed by atoms with Gasteiger partial charge in [0.25, 0.3) is 5.91 Å². The molecule has 0 fully saturated rings. The Morgan fingerprint density at radius 3 is 2.90 bits per heavy atom. The zero-order chi connectivity index (χ0) is 14.8. The Bertz CT molecular complexity index is 808. The molecule has 1 amide bonds. The zero-order valence-corrected chi connectivity index (χ0v) is 11.8. The van der Waals surface area contributed by atoms with E-state index in [1.165, 1.54) is 0 Å². The number of anilines is 1. The van der Waals surface area contributed by atoms with Crippen LogP contribution in [-0.2, 0) is 0 Å². The smallest absolute Gasteiger partial charge is 0.276 e. The van der Waals surface area contributed by atoms with Crippen LogP contribution in [0, 0.1) is 6.92 Å². The van der Waals surface area contributed by atoms with Crippen molar-refractivity contribution in [2.24, 2.45) is 0 Å². The first kappa shape index (κ1) is 13.2. The van der Waals surface area contributed by atoms with Crippen LogP contribution in [0.15, 0.2) is 48.7 Å². The van der Waals surface area contributed by atoms with Crippen LogP contribution in [0.5, 0.6) is 5.75 Å². The molecular weight excluding hydrogens is 266 g/mol. The number of aryl methyl sites for hydroxylation is 1. The Hall–Kier alpha value is -2.82. The molecule has 0 radical (unpaired) electrons. The molecule has 2 aromatic heterocycles. The summed E-state index contributed by atoms with van der Waals surface area (Å²) in [4.78, 5) is 16.8. The Morgan fingerprint density at radius 2 is 2.10 bits per heavy atom. The molecule has 0 unspecified atom stereocenters. The summed E-state index contributed by atoms with van der Waals surface area (Å²) in [7, 11) is 1.59. The lowest BCUT2D eigenvalue weighted by molar-refractivity contribution is 0.102. The number of nitrogens with zero attached hydrogens (tertiary/aromatic N) is 2. The van der Waals surface area contributed by atoms with Gasteiger partial charge in [-0.3, -0.25) is 4.79 Å². The molecule has 0 aliphatic rings. The number of methoxy groups -OCH3 is 1. The number of rotatable bonds is 3. The standard InChI is InChI=1S/C16H15N3O2/c1-11-17-15(14-8-3-4-9-19(11)14)16(20)18-12-6-5-7-13(10-12)21-2/h3-10H,1-2H3,(H,18,20). The maximum absolute atomic E-state index is 12.4. The minimum Gasteiger partial charge on any atom is -0.497 e.